The van der Waals surface area contributed by atoms with Gasteiger partial charge in [0.25, 0.3) is 11.8 Å². The van der Waals surface area contributed by atoms with Crippen molar-refractivity contribution in [3.05, 3.63) is 82.3 Å². The zero-order valence-corrected chi connectivity index (χ0v) is 18.2. The van der Waals surface area contributed by atoms with Crippen LogP contribution >= 0.6 is 15.9 Å². The van der Waals surface area contributed by atoms with Crippen LogP contribution in [0.2, 0.25) is 0 Å². The molecule has 1 aliphatic rings. The Morgan fingerprint density at radius 3 is 2.68 bits per heavy atom. The number of anilines is 2. The molecule has 0 aliphatic carbocycles. The van der Waals surface area contributed by atoms with Crippen molar-refractivity contribution in [1.82, 2.24) is 0 Å². The van der Waals surface area contributed by atoms with Gasteiger partial charge < -0.3 is 20.1 Å². The second-order valence-electron chi connectivity index (χ2n) is 6.78. The maximum Gasteiger partial charge on any atom is 0.262 e. The smallest absolute Gasteiger partial charge is 0.262 e. The van der Waals surface area contributed by atoms with E-state index in [4.69, 9.17) is 9.47 Å². The summed E-state index contributed by atoms with van der Waals surface area (Å²) in [5.41, 5.74) is 3.38. The summed E-state index contributed by atoms with van der Waals surface area (Å²) in [4.78, 5) is 24.9. The minimum absolute atomic E-state index is 0.180. The molecule has 1 heterocycles. The lowest BCUT2D eigenvalue weighted by atomic mass is 10.0. The molecular weight excluding hydrogens is 460 g/mol. The summed E-state index contributed by atoms with van der Waals surface area (Å²) >= 11 is 3.45. The van der Waals surface area contributed by atoms with Gasteiger partial charge in [-0.15, -0.1) is 0 Å². The molecule has 1 aliphatic heterocycles. The molecule has 0 fully saturated rings. The maximum absolute atomic E-state index is 12.5. The van der Waals surface area contributed by atoms with Gasteiger partial charge in [-0.1, -0.05) is 46.3 Å². The molecule has 31 heavy (non-hydrogen) atoms. The lowest BCUT2D eigenvalue weighted by molar-refractivity contribution is -0.118. The molecule has 156 valence electrons. The summed E-state index contributed by atoms with van der Waals surface area (Å²) in [6.07, 6.45) is 1.76. The lowest BCUT2D eigenvalue weighted by Gasteiger charge is -2.12. The van der Waals surface area contributed by atoms with Crippen molar-refractivity contribution < 1.29 is 19.1 Å². The first-order valence-electron chi connectivity index (χ1n) is 9.53. The summed E-state index contributed by atoms with van der Waals surface area (Å²) in [5.74, 6) is 0.551. The molecule has 0 aromatic heterocycles. The largest absolute Gasteiger partial charge is 0.495 e. The molecule has 3 aromatic rings. The number of carbonyl (C=O) groups excluding carboxylic acids is 2. The molecule has 2 N–H and O–H groups in total. The van der Waals surface area contributed by atoms with E-state index in [1.54, 1.807) is 31.4 Å². The number of methoxy groups -OCH3 is 1. The highest BCUT2D eigenvalue weighted by Gasteiger charge is 2.24. The van der Waals surface area contributed by atoms with Gasteiger partial charge >= 0.3 is 0 Å². The number of halogens is 1. The average Bonchev–Trinajstić information content (AvgIpc) is 3.08. The van der Waals surface area contributed by atoms with E-state index in [2.05, 4.69) is 26.6 Å². The maximum atomic E-state index is 12.5. The normalized spacial score (nSPS) is 13.5. The molecule has 0 atom stereocenters. The van der Waals surface area contributed by atoms with Crippen molar-refractivity contribution in [2.45, 2.75) is 0 Å². The van der Waals surface area contributed by atoms with Crippen LogP contribution in [-0.4, -0.2) is 25.5 Å². The average molecular weight is 479 g/mol. The van der Waals surface area contributed by atoms with Crippen molar-refractivity contribution in [1.29, 1.82) is 0 Å². The van der Waals surface area contributed by atoms with Crippen molar-refractivity contribution in [2.24, 2.45) is 0 Å². The first-order chi connectivity index (χ1) is 15.0. The van der Waals surface area contributed by atoms with E-state index in [0.29, 0.717) is 28.3 Å². The third-order valence-electron chi connectivity index (χ3n) is 4.72. The number of rotatable bonds is 6. The second-order valence-corrected chi connectivity index (χ2v) is 7.69. The van der Waals surface area contributed by atoms with Gasteiger partial charge in [0, 0.05) is 26.9 Å². The van der Waals surface area contributed by atoms with Gasteiger partial charge in [-0.2, -0.15) is 0 Å². The zero-order valence-electron chi connectivity index (χ0n) is 16.6. The number of fused-ring (bicyclic) bond motifs is 1. The van der Waals surface area contributed by atoms with Crippen LogP contribution in [0.3, 0.4) is 0 Å². The van der Waals surface area contributed by atoms with Crippen LogP contribution in [-0.2, 0) is 9.59 Å². The molecular formula is C24H19BrN2O4. The number of nitrogens with one attached hydrogen (secondary N) is 2. The Bertz CT molecular complexity index is 1190. The van der Waals surface area contributed by atoms with Crippen LogP contribution in [0.5, 0.6) is 11.5 Å². The Labute approximate surface area is 188 Å². The SMILES string of the molecule is COc1ccccc1NC(=O)COc1ccc(Br)cc1C=C1C(=O)Nc2ccccc21. The molecule has 7 heteroatoms. The van der Waals surface area contributed by atoms with Gasteiger partial charge in [0.05, 0.1) is 12.8 Å². The van der Waals surface area contributed by atoms with Crippen LogP contribution in [0, 0.1) is 0 Å². The monoisotopic (exact) mass is 478 g/mol. The van der Waals surface area contributed by atoms with E-state index in [-0.39, 0.29) is 18.4 Å². The van der Waals surface area contributed by atoms with Gasteiger partial charge in [0.15, 0.2) is 6.61 Å². The van der Waals surface area contributed by atoms with Crippen LogP contribution in [0.1, 0.15) is 11.1 Å². The molecule has 4 rings (SSSR count). The van der Waals surface area contributed by atoms with Crippen LogP contribution in [0.25, 0.3) is 11.6 Å². The number of para-hydroxylation sites is 3. The van der Waals surface area contributed by atoms with Crippen molar-refractivity contribution in [2.75, 3.05) is 24.4 Å². The third-order valence-corrected chi connectivity index (χ3v) is 5.21. The van der Waals surface area contributed by atoms with Crippen molar-refractivity contribution >= 4 is 50.8 Å². The predicted octanol–water partition coefficient (Wildman–Crippen LogP) is 4.97. The Hall–Kier alpha value is -3.58. The van der Waals surface area contributed by atoms with Crippen molar-refractivity contribution in [3.63, 3.8) is 0 Å². The summed E-state index contributed by atoms with van der Waals surface area (Å²) in [6, 6.07) is 20.1. The zero-order chi connectivity index (χ0) is 21.8. The standard InChI is InChI=1S/C24H19BrN2O4/c1-30-22-9-5-4-8-20(22)26-23(28)14-31-21-11-10-16(25)12-15(21)13-18-17-6-2-3-7-19(17)27-24(18)29/h2-13H,14H2,1H3,(H,26,28)(H,27,29). The number of hydrogen-bond acceptors (Lipinski definition) is 4. The molecule has 0 saturated heterocycles. The summed E-state index contributed by atoms with van der Waals surface area (Å²) in [5, 5.41) is 5.63. The van der Waals surface area contributed by atoms with Gasteiger partial charge in [0.1, 0.15) is 11.5 Å². The fraction of sp³-hybridized carbons (Fsp3) is 0.0833. The van der Waals surface area contributed by atoms with E-state index < -0.39 is 0 Å². The second kappa shape index (κ2) is 9.06. The minimum Gasteiger partial charge on any atom is -0.495 e. The van der Waals surface area contributed by atoms with E-state index in [0.717, 1.165) is 15.7 Å². The fourth-order valence-corrected chi connectivity index (χ4v) is 3.66. The molecule has 3 aromatic carbocycles. The highest BCUT2D eigenvalue weighted by molar-refractivity contribution is 9.10. The Morgan fingerprint density at radius 2 is 1.84 bits per heavy atom. The van der Waals surface area contributed by atoms with E-state index in [1.807, 2.05) is 48.5 Å². The fourth-order valence-electron chi connectivity index (χ4n) is 3.28. The highest BCUT2D eigenvalue weighted by atomic mass is 79.9. The number of amides is 2. The topological polar surface area (TPSA) is 76.7 Å². The first-order valence-corrected chi connectivity index (χ1v) is 10.3. The number of benzene rings is 3. The predicted molar refractivity (Wildman–Crippen MR) is 124 cm³/mol. The number of carbonyl (C=O) groups is 2. The minimum atomic E-state index is -0.324. The quantitative estimate of drug-likeness (QED) is 0.490. The third kappa shape index (κ3) is 4.62. The molecule has 0 radical (unpaired) electrons. The van der Waals surface area contributed by atoms with E-state index in [9.17, 15) is 9.59 Å². The first kappa shape index (κ1) is 20.7. The van der Waals surface area contributed by atoms with Gasteiger partial charge in [0.2, 0.25) is 0 Å². The summed E-state index contributed by atoms with van der Waals surface area (Å²) < 4.78 is 11.9. The molecule has 6 nitrogen and oxygen atoms in total. The molecule has 0 bridgehead atoms. The Balaban J connectivity index is 1.54. The van der Waals surface area contributed by atoms with E-state index in [1.165, 1.54) is 0 Å². The number of hydrogen-bond donors (Lipinski definition) is 2. The highest BCUT2D eigenvalue weighted by Crippen LogP contribution is 2.35. The van der Waals surface area contributed by atoms with Crippen molar-refractivity contribution in [3.8, 4) is 11.5 Å². The van der Waals surface area contributed by atoms with Gasteiger partial charge in [-0.05, 0) is 42.5 Å². The van der Waals surface area contributed by atoms with Gasteiger partial charge in [-0.3, -0.25) is 9.59 Å². The van der Waals surface area contributed by atoms with Crippen LogP contribution in [0.4, 0.5) is 11.4 Å². The molecule has 0 unspecified atom stereocenters. The molecule has 0 saturated carbocycles. The molecule has 2 amide bonds. The van der Waals surface area contributed by atoms with Crippen LogP contribution in [0.15, 0.2) is 71.2 Å². The lowest BCUT2D eigenvalue weighted by Crippen LogP contribution is -2.20. The number of ether oxygens (including phenoxy) is 2. The Morgan fingerprint density at radius 1 is 1.06 bits per heavy atom. The van der Waals surface area contributed by atoms with Crippen LogP contribution < -0.4 is 20.1 Å². The molecule has 0 spiro atoms. The Kier molecular flexibility index (Phi) is 6.04. The van der Waals surface area contributed by atoms with Gasteiger partial charge in [-0.25, -0.2) is 0 Å². The summed E-state index contributed by atoms with van der Waals surface area (Å²) in [6.45, 7) is -0.196. The van der Waals surface area contributed by atoms with E-state index >= 15 is 0 Å². The summed E-state index contributed by atoms with van der Waals surface area (Å²) in [7, 11) is 1.54.